The van der Waals surface area contributed by atoms with E-state index in [0.29, 0.717) is 0 Å². The average Bonchev–Trinajstić information content (AvgIpc) is 2.03. The van der Waals surface area contributed by atoms with E-state index in [1.807, 2.05) is 0 Å². The van der Waals surface area contributed by atoms with Crippen LogP contribution in [0.15, 0.2) is 24.3 Å². The first kappa shape index (κ1) is 12.4. The van der Waals surface area contributed by atoms with Crippen LogP contribution in [0.25, 0.3) is 0 Å². The van der Waals surface area contributed by atoms with E-state index in [-0.39, 0.29) is 11.3 Å². The number of para-hydroxylation sites is 1. The zero-order chi connectivity index (χ0) is 11.1. The van der Waals surface area contributed by atoms with Gasteiger partial charge in [0.1, 0.15) is 5.75 Å². The van der Waals surface area contributed by atoms with Gasteiger partial charge >= 0.3 is 7.32 Å². The van der Waals surface area contributed by atoms with Gasteiger partial charge < -0.3 is 25.9 Å². The lowest BCUT2D eigenvalue weighted by Crippen LogP contribution is -2.10. The number of aromatic hydroxyl groups is 1. The van der Waals surface area contributed by atoms with Gasteiger partial charge in [-0.05, 0) is 12.1 Å². The predicted molar refractivity (Wildman–Crippen MR) is 49.0 cm³/mol. The van der Waals surface area contributed by atoms with Crippen LogP contribution in [-0.4, -0.2) is 33.4 Å². The minimum Gasteiger partial charge on any atom is -0.507 e. The van der Waals surface area contributed by atoms with E-state index >= 15 is 0 Å². The molecule has 14 heavy (non-hydrogen) atoms. The summed E-state index contributed by atoms with van der Waals surface area (Å²) in [6.45, 7) is 0. The van der Waals surface area contributed by atoms with Crippen LogP contribution in [0, 0.1) is 0 Å². The Morgan fingerprint density at radius 1 is 1.21 bits per heavy atom. The lowest BCUT2D eigenvalue weighted by atomic mass is 10.2. The topological polar surface area (TPSA) is 124 Å². The molecular weight excluding hydrogens is 189 g/mol. The molecular formula is C7H10BNO5. The molecule has 1 amide bonds. The SMILES string of the molecule is NC(=O)c1ccccc1O.OB(O)O. The van der Waals surface area contributed by atoms with Gasteiger partial charge in [0.25, 0.3) is 5.91 Å². The van der Waals surface area contributed by atoms with Crippen molar-refractivity contribution < 1.29 is 25.0 Å². The Morgan fingerprint density at radius 3 is 1.93 bits per heavy atom. The Balaban J connectivity index is 0.000000364. The van der Waals surface area contributed by atoms with Gasteiger partial charge in [0.2, 0.25) is 0 Å². The summed E-state index contributed by atoms with van der Waals surface area (Å²) in [5, 5.41) is 30.5. The number of hydrogen-bond donors (Lipinski definition) is 5. The predicted octanol–water partition coefficient (Wildman–Crippen LogP) is -1.56. The van der Waals surface area contributed by atoms with E-state index in [4.69, 9.17) is 25.9 Å². The summed E-state index contributed by atoms with van der Waals surface area (Å²) in [5.74, 6) is -0.687. The lowest BCUT2D eigenvalue weighted by Gasteiger charge is -1.96. The van der Waals surface area contributed by atoms with Gasteiger partial charge in [0.15, 0.2) is 0 Å². The molecule has 6 N–H and O–H groups in total. The van der Waals surface area contributed by atoms with Crippen LogP contribution < -0.4 is 5.73 Å². The number of rotatable bonds is 1. The normalized spacial score (nSPS) is 8.50. The second-order valence-electron chi connectivity index (χ2n) is 2.23. The highest BCUT2D eigenvalue weighted by Gasteiger charge is 2.03. The maximum absolute atomic E-state index is 10.5. The zero-order valence-electron chi connectivity index (χ0n) is 7.16. The van der Waals surface area contributed by atoms with Gasteiger partial charge in [-0.25, -0.2) is 0 Å². The van der Waals surface area contributed by atoms with Crippen LogP contribution in [0.5, 0.6) is 5.75 Å². The number of phenols is 1. The van der Waals surface area contributed by atoms with Crippen LogP contribution in [0.1, 0.15) is 10.4 Å². The van der Waals surface area contributed by atoms with Crippen molar-refractivity contribution >= 4 is 13.2 Å². The standard InChI is InChI=1S/C7H7NO2.BH3O3/c8-7(10)5-3-1-2-4-6(5)9;2-1(3)4/h1-4,9H,(H2,8,10);2-4H. The molecule has 6 nitrogen and oxygen atoms in total. The summed E-state index contributed by atoms with van der Waals surface area (Å²) in [7, 11) is -2.17. The van der Waals surface area contributed by atoms with E-state index in [2.05, 4.69) is 0 Å². The molecule has 1 rings (SSSR count). The zero-order valence-corrected chi connectivity index (χ0v) is 7.16. The number of carbonyl (C=O) groups is 1. The van der Waals surface area contributed by atoms with Crippen molar-refractivity contribution in [2.45, 2.75) is 0 Å². The molecule has 1 aromatic carbocycles. The number of benzene rings is 1. The summed E-state index contributed by atoms with van der Waals surface area (Å²) in [6.07, 6.45) is 0. The molecule has 0 aliphatic rings. The van der Waals surface area contributed by atoms with Crippen molar-refractivity contribution in [1.29, 1.82) is 0 Å². The summed E-state index contributed by atoms with van der Waals surface area (Å²) >= 11 is 0. The highest BCUT2D eigenvalue weighted by molar-refractivity contribution is 6.30. The maximum atomic E-state index is 10.5. The Bertz CT molecular complexity index is 301. The van der Waals surface area contributed by atoms with Crippen molar-refractivity contribution in [3.8, 4) is 5.75 Å². The van der Waals surface area contributed by atoms with Crippen LogP contribution in [-0.2, 0) is 0 Å². The first-order valence-corrected chi connectivity index (χ1v) is 3.57. The van der Waals surface area contributed by atoms with E-state index in [1.54, 1.807) is 12.1 Å². The van der Waals surface area contributed by atoms with E-state index < -0.39 is 13.2 Å². The van der Waals surface area contributed by atoms with Crippen LogP contribution in [0.3, 0.4) is 0 Å². The van der Waals surface area contributed by atoms with Gasteiger partial charge in [-0.2, -0.15) is 0 Å². The first-order valence-electron chi connectivity index (χ1n) is 3.57. The Hall–Kier alpha value is -1.57. The number of carbonyl (C=O) groups excluding carboxylic acids is 1. The second kappa shape index (κ2) is 5.98. The van der Waals surface area contributed by atoms with Crippen molar-refractivity contribution in [3.05, 3.63) is 29.8 Å². The second-order valence-corrected chi connectivity index (χ2v) is 2.23. The van der Waals surface area contributed by atoms with Crippen molar-refractivity contribution in [2.24, 2.45) is 5.73 Å². The van der Waals surface area contributed by atoms with Crippen LogP contribution >= 0.6 is 0 Å². The molecule has 0 heterocycles. The van der Waals surface area contributed by atoms with Crippen molar-refractivity contribution in [3.63, 3.8) is 0 Å². The summed E-state index contributed by atoms with van der Waals surface area (Å²) in [4.78, 5) is 10.5. The molecule has 0 aromatic heterocycles. The van der Waals surface area contributed by atoms with E-state index in [9.17, 15) is 4.79 Å². The van der Waals surface area contributed by atoms with Crippen molar-refractivity contribution in [2.75, 3.05) is 0 Å². The molecule has 0 aliphatic heterocycles. The third kappa shape index (κ3) is 5.15. The molecule has 0 aliphatic carbocycles. The number of nitrogens with two attached hydrogens (primary N) is 1. The summed E-state index contributed by atoms with van der Waals surface area (Å²) < 4.78 is 0. The largest absolute Gasteiger partial charge is 0.631 e. The third-order valence-corrected chi connectivity index (χ3v) is 1.17. The van der Waals surface area contributed by atoms with Crippen LogP contribution in [0.2, 0.25) is 0 Å². The number of hydrogen-bond acceptors (Lipinski definition) is 5. The average molecular weight is 199 g/mol. The first-order chi connectivity index (χ1) is 6.45. The number of primary amides is 1. The minimum absolute atomic E-state index is 0.0741. The fourth-order valence-electron chi connectivity index (χ4n) is 0.682. The van der Waals surface area contributed by atoms with E-state index in [0.717, 1.165) is 0 Å². The molecule has 0 saturated heterocycles. The Kier molecular flexibility index (Phi) is 5.31. The summed E-state index contributed by atoms with van der Waals surface area (Å²) in [5.41, 5.74) is 5.07. The highest BCUT2D eigenvalue weighted by atomic mass is 16.5. The molecule has 0 unspecified atom stereocenters. The molecule has 0 spiro atoms. The van der Waals surface area contributed by atoms with E-state index in [1.165, 1.54) is 12.1 Å². The van der Waals surface area contributed by atoms with Crippen molar-refractivity contribution in [1.82, 2.24) is 0 Å². The number of amides is 1. The third-order valence-electron chi connectivity index (χ3n) is 1.17. The van der Waals surface area contributed by atoms with Crippen LogP contribution in [0.4, 0.5) is 0 Å². The maximum Gasteiger partial charge on any atom is 0.631 e. The van der Waals surface area contributed by atoms with Gasteiger partial charge in [0, 0.05) is 0 Å². The van der Waals surface area contributed by atoms with Gasteiger partial charge in [0.05, 0.1) is 5.56 Å². The quantitative estimate of drug-likeness (QED) is 0.350. The van der Waals surface area contributed by atoms with Gasteiger partial charge in [-0.3, -0.25) is 4.79 Å². The Morgan fingerprint density at radius 2 is 1.64 bits per heavy atom. The molecule has 0 atom stereocenters. The molecule has 76 valence electrons. The fourth-order valence-corrected chi connectivity index (χ4v) is 0.682. The lowest BCUT2D eigenvalue weighted by molar-refractivity contribution is 0.0997. The molecule has 0 saturated carbocycles. The smallest absolute Gasteiger partial charge is 0.507 e. The fraction of sp³-hybridized carbons (Fsp3) is 0. The minimum atomic E-state index is -2.17. The summed E-state index contributed by atoms with van der Waals surface area (Å²) in [6, 6.07) is 6.15. The molecule has 7 heteroatoms. The Labute approximate surface area is 80.4 Å². The highest BCUT2D eigenvalue weighted by Crippen LogP contribution is 2.13. The molecule has 1 aromatic rings. The monoisotopic (exact) mass is 199 g/mol. The van der Waals surface area contributed by atoms with Gasteiger partial charge in [-0.15, -0.1) is 0 Å². The molecule has 0 fully saturated rings. The molecule has 0 radical (unpaired) electrons. The molecule has 0 bridgehead atoms. The van der Waals surface area contributed by atoms with Gasteiger partial charge in [-0.1, -0.05) is 12.1 Å².